The minimum absolute atomic E-state index is 0.200. The molecular formula is C13H18F4N2O2. The fraction of sp³-hybridized carbons (Fsp3) is 0.615. The highest BCUT2D eigenvalue weighted by Crippen LogP contribution is 2.30. The van der Waals surface area contributed by atoms with Crippen LogP contribution in [0.15, 0.2) is 12.3 Å². The van der Waals surface area contributed by atoms with Crippen molar-refractivity contribution in [3.63, 3.8) is 0 Å². The maximum Gasteiger partial charge on any atom is 0.417 e. The second-order valence-electron chi connectivity index (χ2n) is 5.60. The number of aromatic nitrogens is 1. The van der Waals surface area contributed by atoms with Crippen molar-refractivity contribution in [1.29, 1.82) is 0 Å². The summed E-state index contributed by atoms with van der Waals surface area (Å²) in [6, 6.07) is 0.308. The van der Waals surface area contributed by atoms with Gasteiger partial charge >= 0.3 is 6.18 Å². The van der Waals surface area contributed by atoms with Gasteiger partial charge in [-0.1, -0.05) is 0 Å². The van der Waals surface area contributed by atoms with E-state index in [0.717, 1.165) is 0 Å². The summed E-state index contributed by atoms with van der Waals surface area (Å²) in [4.78, 5) is 3.28. The molecule has 0 saturated carbocycles. The van der Waals surface area contributed by atoms with Crippen LogP contribution in [-0.2, 0) is 6.18 Å². The lowest BCUT2D eigenvalue weighted by Gasteiger charge is -2.22. The van der Waals surface area contributed by atoms with Crippen LogP contribution in [0.25, 0.3) is 0 Å². The minimum Gasteiger partial charge on any atom is -0.473 e. The summed E-state index contributed by atoms with van der Waals surface area (Å²) in [5, 5.41) is 12.6. The number of alkyl halides is 3. The lowest BCUT2D eigenvalue weighted by Crippen LogP contribution is -2.42. The Bertz CT molecular complexity index is 472. The zero-order chi connectivity index (χ0) is 16.3. The molecule has 4 nitrogen and oxygen atoms in total. The number of rotatable bonds is 5. The van der Waals surface area contributed by atoms with Gasteiger partial charge in [-0.15, -0.1) is 0 Å². The molecule has 0 aliphatic heterocycles. The van der Waals surface area contributed by atoms with Crippen LogP contribution < -0.4 is 10.1 Å². The molecule has 2 N–H and O–H groups in total. The van der Waals surface area contributed by atoms with Crippen molar-refractivity contribution in [2.45, 2.75) is 38.6 Å². The van der Waals surface area contributed by atoms with Crippen LogP contribution in [0.2, 0.25) is 0 Å². The minimum atomic E-state index is -4.66. The average Bonchev–Trinajstić information content (AvgIpc) is 2.32. The smallest absolute Gasteiger partial charge is 0.417 e. The summed E-state index contributed by atoms with van der Waals surface area (Å²) >= 11 is 0. The van der Waals surface area contributed by atoms with E-state index < -0.39 is 29.5 Å². The standard InChI is InChI=1S/C13H18F4N2O2/c1-12(2,3)19-6-9(20)7-21-11-10(14)4-8(5-18-11)13(15,16)17/h4-5,9,19-20H,6-7H2,1-3H3/t9-/m0/s1. The van der Waals surface area contributed by atoms with Gasteiger partial charge in [-0.2, -0.15) is 13.2 Å². The highest BCUT2D eigenvalue weighted by molar-refractivity contribution is 5.22. The van der Waals surface area contributed by atoms with E-state index in [0.29, 0.717) is 12.3 Å². The molecule has 0 aliphatic carbocycles. The summed E-state index contributed by atoms with van der Waals surface area (Å²) in [5.41, 5.74) is -1.40. The molecule has 1 heterocycles. The number of β-amino-alcohol motifs (C(OH)–C–C–N with tert-alkyl or cyclic N) is 1. The van der Waals surface area contributed by atoms with E-state index in [2.05, 4.69) is 10.3 Å². The van der Waals surface area contributed by atoms with E-state index in [9.17, 15) is 22.7 Å². The summed E-state index contributed by atoms with van der Waals surface area (Å²) in [5.74, 6) is -1.79. The van der Waals surface area contributed by atoms with Crippen LogP contribution in [0.3, 0.4) is 0 Å². The first-order valence-electron chi connectivity index (χ1n) is 6.27. The Hall–Kier alpha value is -1.41. The summed E-state index contributed by atoms with van der Waals surface area (Å²) in [6.45, 7) is 5.62. The maximum absolute atomic E-state index is 13.4. The van der Waals surface area contributed by atoms with Crippen molar-refractivity contribution >= 4 is 0 Å². The van der Waals surface area contributed by atoms with E-state index in [1.165, 1.54) is 0 Å². The van der Waals surface area contributed by atoms with Crippen molar-refractivity contribution in [3.8, 4) is 5.88 Å². The molecule has 0 aromatic carbocycles. The molecule has 120 valence electrons. The van der Waals surface area contributed by atoms with Gasteiger partial charge in [-0.05, 0) is 26.8 Å². The van der Waals surface area contributed by atoms with E-state index in [4.69, 9.17) is 4.74 Å². The molecule has 0 amide bonds. The fourth-order valence-electron chi connectivity index (χ4n) is 1.34. The molecule has 0 saturated heterocycles. The Labute approximate surface area is 120 Å². The Kier molecular flexibility index (Phi) is 5.52. The second kappa shape index (κ2) is 6.57. The summed E-state index contributed by atoms with van der Waals surface area (Å²) in [7, 11) is 0. The lowest BCUT2D eigenvalue weighted by atomic mass is 10.1. The molecule has 0 fully saturated rings. The number of nitrogens with zero attached hydrogens (tertiary/aromatic N) is 1. The third kappa shape index (κ3) is 6.26. The Morgan fingerprint density at radius 1 is 1.33 bits per heavy atom. The van der Waals surface area contributed by atoms with E-state index in [1.54, 1.807) is 0 Å². The second-order valence-corrected chi connectivity index (χ2v) is 5.60. The van der Waals surface area contributed by atoms with Crippen LogP contribution in [-0.4, -0.2) is 34.9 Å². The molecule has 0 radical (unpaired) electrons. The Morgan fingerprint density at radius 3 is 2.43 bits per heavy atom. The van der Waals surface area contributed by atoms with Gasteiger partial charge in [0.15, 0.2) is 5.82 Å². The first kappa shape index (κ1) is 17.6. The first-order chi connectivity index (χ1) is 9.49. The van der Waals surface area contributed by atoms with E-state index in [-0.39, 0.29) is 18.7 Å². The van der Waals surface area contributed by atoms with Gasteiger partial charge < -0.3 is 15.2 Å². The molecule has 0 aliphatic rings. The lowest BCUT2D eigenvalue weighted by molar-refractivity contribution is -0.138. The predicted molar refractivity (Wildman–Crippen MR) is 68.5 cm³/mol. The molecule has 21 heavy (non-hydrogen) atoms. The van der Waals surface area contributed by atoms with Crippen molar-refractivity contribution in [1.82, 2.24) is 10.3 Å². The molecule has 8 heteroatoms. The SMILES string of the molecule is CC(C)(C)NC[C@H](O)COc1ncc(C(F)(F)F)cc1F. The molecule has 1 aromatic heterocycles. The molecule has 0 bridgehead atoms. The highest BCUT2D eigenvalue weighted by atomic mass is 19.4. The van der Waals surface area contributed by atoms with Gasteiger partial charge in [0, 0.05) is 18.3 Å². The molecule has 1 atom stereocenters. The number of pyridine rings is 1. The first-order valence-corrected chi connectivity index (χ1v) is 6.27. The summed E-state index contributed by atoms with van der Waals surface area (Å²) < 4.78 is 55.3. The Morgan fingerprint density at radius 2 is 1.95 bits per heavy atom. The van der Waals surface area contributed by atoms with Gasteiger partial charge in [0.25, 0.3) is 0 Å². The summed E-state index contributed by atoms with van der Waals surface area (Å²) in [6.07, 6.45) is -5.12. The average molecular weight is 310 g/mol. The van der Waals surface area contributed by atoms with Crippen molar-refractivity contribution in [3.05, 3.63) is 23.6 Å². The molecule has 1 rings (SSSR count). The molecule has 0 unspecified atom stereocenters. The van der Waals surface area contributed by atoms with Gasteiger partial charge in [-0.3, -0.25) is 0 Å². The Balaban J connectivity index is 2.56. The van der Waals surface area contributed by atoms with Crippen molar-refractivity contribution in [2.75, 3.05) is 13.2 Å². The number of ether oxygens (including phenoxy) is 1. The van der Waals surface area contributed by atoms with Crippen LogP contribution in [0.5, 0.6) is 5.88 Å². The number of nitrogens with one attached hydrogen (secondary N) is 1. The zero-order valence-electron chi connectivity index (χ0n) is 12.0. The molecule has 0 spiro atoms. The molecular weight excluding hydrogens is 292 g/mol. The monoisotopic (exact) mass is 310 g/mol. The quantitative estimate of drug-likeness (QED) is 0.820. The van der Waals surface area contributed by atoms with Crippen LogP contribution in [0.4, 0.5) is 17.6 Å². The number of halogens is 4. The largest absolute Gasteiger partial charge is 0.473 e. The zero-order valence-corrected chi connectivity index (χ0v) is 12.0. The van der Waals surface area contributed by atoms with E-state index >= 15 is 0 Å². The van der Waals surface area contributed by atoms with Gasteiger partial charge in [0.05, 0.1) is 5.56 Å². The number of hydrogen-bond donors (Lipinski definition) is 2. The van der Waals surface area contributed by atoms with Gasteiger partial charge in [0.2, 0.25) is 5.88 Å². The predicted octanol–water partition coefficient (Wildman–Crippen LogP) is 2.37. The van der Waals surface area contributed by atoms with Crippen molar-refractivity contribution in [2.24, 2.45) is 0 Å². The number of aliphatic hydroxyl groups is 1. The van der Waals surface area contributed by atoms with Crippen LogP contribution in [0, 0.1) is 5.82 Å². The third-order valence-electron chi connectivity index (χ3n) is 2.42. The van der Waals surface area contributed by atoms with E-state index in [1.807, 2.05) is 20.8 Å². The van der Waals surface area contributed by atoms with Crippen LogP contribution >= 0.6 is 0 Å². The fourth-order valence-corrected chi connectivity index (χ4v) is 1.34. The number of aliphatic hydroxyl groups excluding tert-OH is 1. The highest BCUT2D eigenvalue weighted by Gasteiger charge is 2.32. The third-order valence-corrected chi connectivity index (χ3v) is 2.42. The van der Waals surface area contributed by atoms with Gasteiger partial charge in [0.1, 0.15) is 12.7 Å². The topological polar surface area (TPSA) is 54.4 Å². The van der Waals surface area contributed by atoms with Crippen LogP contribution in [0.1, 0.15) is 26.3 Å². The maximum atomic E-state index is 13.4. The van der Waals surface area contributed by atoms with Crippen molar-refractivity contribution < 1.29 is 27.4 Å². The molecule has 1 aromatic rings. The number of hydrogen-bond acceptors (Lipinski definition) is 4. The van der Waals surface area contributed by atoms with Gasteiger partial charge in [-0.25, -0.2) is 9.37 Å². The normalized spacial score (nSPS) is 14.1.